The summed E-state index contributed by atoms with van der Waals surface area (Å²) in [6.45, 7) is 7.37. The Morgan fingerprint density at radius 2 is 1.94 bits per heavy atom. The highest BCUT2D eigenvalue weighted by atomic mass is 19.1. The molecular weight excluding hydrogens is 409 g/mol. The van der Waals surface area contributed by atoms with Crippen molar-refractivity contribution in [3.63, 3.8) is 0 Å². The summed E-state index contributed by atoms with van der Waals surface area (Å²) in [6, 6.07) is 12.1. The molecule has 2 aromatic carbocycles. The molecule has 2 heterocycles. The number of carbonyl (C=O) groups is 1. The van der Waals surface area contributed by atoms with E-state index in [0.717, 1.165) is 22.4 Å². The number of piperazine rings is 1. The third-order valence-corrected chi connectivity index (χ3v) is 5.94. The lowest BCUT2D eigenvalue weighted by molar-refractivity contribution is 0.130. The summed E-state index contributed by atoms with van der Waals surface area (Å²) >= 11 is 0. The van der Waals surface area contributed by atoms with E-state index in [-0.39, 0.29) is 23.8 Å². The highest BCUT2D eigenvalue weighted by Crippen LogP contribution is 2.24. The van der Waals surface area contributed by atoms with E-state index in [1.165, 1.54) is 12.1 Å². The standard InChI is InChI=1S/C24H30FN5O2/c1-16(2)22(23-26-19-6-4-5-7-20(19)27-23)28-24(31)30-12-10-29(11-13-30)15-17-14-18(25)8-9-21(17)32-3/h4-9,14,16,22H,10-13,15H2,1-3H3,(H,26,27)(H,28,31). The van der Waals surface area contributed by atoms with Crippen LogP contribution in [0, 0.1) is 11.7 Å². The maximum absolute atomic E-state index is 13.7. The van der Waals surface area contributed by atoms with Crippen LogP contribution in [0.4, 0.5) is 9.18 Å². The van der Waals surface area contributed by atoms with Gasteiger partial charge in [0, 0.05) is 38.3 Å². The molecule has 170 valence electrons. The highest BCUT2D eigenvalue weighted by molar-refractivity contribution is 5.76. The van der Waals surface area contributed by atoms with Crippen molar-refractivity contribution < 1.29 is 13.9 Å². The Morgan fingerprint density at radius 1 is 1.19 bits per heavy atom. The monoisotopic (exact) mass is 439 g/mol. The Bertz CT molecular complexity index is 1040. The number of urea groups is 1. The van der Waals surface area contributed by atoms with Gasteiger partial charge in [-0.1, -0.05) is 26.0 Å². The number of rotatable bonds is 6. The van der Waals surface area contributed by atoms with Gasteiger partial charge in [0.05, 0.1) is 24.2 Å². The zero-order valence-electron chi connectivity index (χ0n) is 18.8. The lowest BCUT2D eigenvalue weighted by Gasteiger charge is -2.36. The van der Waals surface area contributed by atoms with Crippen molar-refractivity contribution in [3.05, 3.63) is 59.7 Å². The molecule has 2 N–H and O–H groups in total. The van der Waals surface area contributed by atoms with Gasteiger partial charge in [-0.25, -0.2) is 14.2 Å². The quantitative estimate of drug-likeness (QED) is 0.610. The minimum absolute atomic E-state index is 0.0906. The molecule has 1 fully saturated rings. The number of halogens is 1. The number of nitrogens with one attached hydrogen (secondary N) is 2. The number of imidazole rings is 1. The molecule has 0 radical (unpaired) electrons. The second kappa shape index (κ2) is 9.56. The molecule has 1 aromatic heterocycles. The van der Waals surface area contributed by atoms with Crippen LogP contribution in [0.25, 0.3) is 11.0 Å². The maximum Gasteiger partial charge on any atom is 0.318 e. The molecule has 0 bridgehead atoms. The third kappa shape index (κ3) is 4.85. The normalized spacial score (nSPS) is 15.8. The van der Waals surface area contributed by atoms with Gasteiger partial charge >= 0.3 is 6.03 Å². The number of methoxy groups -OCH3 is 1. The second-order valence-corrected chi connectivity index (χ2v) is 8.53. The molecule has 0 spiro atoms. The first-order valence-electron chi connectivity index (χ1n) is 11.0. The van der Waals surface area contributed by atoms with Crippen LogP contribution in [0.3, 0.4) is 0 Å². The van der Waals surface area contributed by atoms with Crippen LogP contribution in [-0.2, 0) is 6.54 Å². The number of aromatic amines is 1. The van der Waals surface area contributed by atoms with Gasteiger partial charge in [0.25, 0.3) is 0 Å². The number of carbonyl (C=O) groups excluding carboxylic acids is 1. The van der Waals surface area contributed by atoms with Crippen LogP contribution >= 0.6 is 0 Å². The first-order valence-corrected chi connectivity index (χ1v) is 11.0. The predicted octanol–water partition coefficient (Wildman–Crippen LogP) is 3.94. The molecule has 1 unspecified atom stereocenters. The Morgan fingerprint density at radius 3 is 2.62 bits per heavy atom. The highest BCUT2D eigenvalue weighted by Gasteiger charge is 2.27. The SMILES string of the molecule is COc1ccc(F)cc1CN1CCN(C(=O)NC(c2nc3ccccc3[nH]2)C(C)C)CC1. The van der Waals surface area contributed by atoms with Crippen LogP contribution in [0.2, 0.25) is 0 Å². The Kier molecular flexibility index (Phi) is 6.60. The van der Waals surface area contributed by atoms with E-state index in [4.69, 9.17) is 4.74 Å². The van der Waals surface area contributed by atoms with Gasteiger partial charge in [-0.15, -0.1) is 0 Å². The fourth-order valence-electron chi connectivity index (χ4n) is 4.12. The number of hydrogen-bond acceptors (Lipinski definition) is 4. The molecular formula is C24H30FN5O2. The zero-order chi connectivity index (χ0) is 22.7. The molecule has 1 aliphatic rings. The predicted molar refractivity (Wildman–Crippen MR) is 122 cm³/mol. The molecule has 0 aliphatic carbocycles. The molecule has 32 heavy (non-hydrogen) atoms. The van der Waals surface area contributed by atoms with Crippen molar-refractivity contribution >= 4 is 17.1 Å². The van der Waals surface area contributed by atoms with Crippen molar-refractivity contribution in [2.45, 2.75) is 26.4 Å². The molecule has 1 aliphatic heterocycles. The van der Waals surface area contributed by atoms with E-state index in [1.807, 2.05) is 29.2 Å². The van der Waals surface area contributed by atoms with E-state index in [1.54, 1.807) is 13.2 Å². The number of H-pyrrole nitrogens is 1. The molecule has 0 saturated carbocycles. The number of para-hydroxylation sites is 2. The zero-order valence-corrected chi connectivity index (χ0v) is 18.8. The number of fused-ring (bicyclic) bond motifs is 1. The van der Waals surface area contributed by atoms with E-state index in [9.17, 15) is 9.18 Å². The summed E-state index contributed by atoms with van der Waals surface area (Å²) in [5.41, 5.74) is 2.67. The topological polar surface area (TPSA) is 73.5 Å². The Balaban J connectivity index is 1.36. The second-order valence-electron chi connectivity index (χ2n) is 8.53. The number of amides is 2. The third-order valence-electron chi connectivity index (χ3n) is 5.94. The van der Waals surface area contributed by atoms with Crippen molar-refractivity contribution in [2.24, 2.45) is 5.92 Å². The van der Waals surface area contributed by atoms with Crippen molar-refractivity contribution in [1.29, 1.82) is 0 Å². The average Bonchev–Trinajstić information content (AvgIpc) is 3.21. The summed E-state index contributed by atoms with van der Waals surface area (Å²) in [7, 11) is 1.59. The van der Waals surface area contributed by atoms with E-state index >= 15 is 0 Å². The summed E-state index contributed by atoms with van der Waals surface area (Å²) in [6.07, 6.45) is 0. The van der Waals surface area contributed by atoms with Crippen molar-refractivity contribution in [3.8, 4) is 5.75 Å². The largest absolute Gasteiger partial charge is 0.496 e. The molecule has 1 saturated heterocycles. The fourth-order valence-corrected chi connectivity index (χ4v) is 4.12. The van der Waals surface area contributed by atoms with Crippen LogP contribution in [0.5, 0.6) is 5.75 Å². The van der Waals surface area contributed by atoms with Crippen LogP contribution in [-0.4, -0.2) is 59.1 Å². The maximum atomic E-state index is 13.7. The van der Waals surface area contributed by atoms with Gasteiger partial charge in [0.2, 0.25) is 0 Å². The lowest BCUT2D eigenvalue weighted by atomic mass is 10.0. The van der Waals surface area contributed by atoms with Crippen LogP contribution < -0.4 is 10.1 Å². The molecule has 8 heteroatoms. The van der Waals surface area contributed by atoms with Crippen LogP contribution in [0.15, 0.2) is 42.5 Å². The van der Waals surface area contributed by atoms with Gasteiger partial charge in [0.15, 0.2) is 0 Å². The Labute approximate surface area is 187 Å². The van der Waals surface area contributed by atoms with Crippen molar-refractivity contribution in [2.75, 3.05) is 33.3 Å². The van der Waals surface area contributed by atoms with Crippen molar-refractivity contribution in [1.82, 2.24) is 25.1 Å². The van der Waals surface area contributed by atoms with Crippen LogP contribution in [0.1, 0.15) is 31.3 Å². The molecule has 2 amide bonds. The molecule has 1 atom stereocenters. The van der Waals surface area contributed by atoms with E-state index in [2.05, 4.69) is 34.0 Å². The van der Waals surface area contributed by atoms with Gasteiger partial charge < -0.3 is 19.9 Å². The first kappa shape index (κ1) is 22.1. The number of hydrogen-bond donors (Lipinski definition) is 2. The molecule has 7 nitrogen and oxygen atoms in total. The minimum Gasteiger partial charge on any atom is -0.496 e. The van der Waals surface area contributed by atoms with Gasteiger partial charge in [-0.3, -0.25) is 4.90 Å². The average molecular weight is 440 g/mol. The molecule has 3 aromatic rings. The summed E-state index contributed by atoms with van der Waals surface area (Å²) in [4.78, 5) is 25.1. The first-order chi connectivity index (χ1) is 15.4. The minimum atomic E-state index is -0.274. The fraction of sp³-hybridized carbons (Fsp3) is 0.417. The summed E-state index contributed by atoms with van der Waals surface area (Å²) < 4.78 is 19.0. The number of benzene rings is 2. The number of ether oxygens (including phenoxy) is 1. The number of nitrogens with zero attached hydrogens (tertiary/aromatic N) is 3. The van der Waals surface area contributed by atoms with E-state index < -0.39 is 0 Å². The van der Waals surface area contributed by atoms with Gasteiger partial charge in [0.1, 0.15) is 17.4 Å². The summed E-state index contributed by atoms with van der Waals surface area (Å²) in [5.74, 6) is 1.36. The Hall–Kier alpha value is -3.13. The van der Waals surface area contributed by atoms with Gasteiger partial charge in [-0.2, -0.15) is 0 Å². The smallest absolute Gasteiger partial charge is 0.318 e. The number of aromatic nitrogens is 2. The lowest BCUT2D eigenvalue weighted by Crippen LogP contribution is -2.52. The summed E-state index contributed by atoms with van der Waals surface area (Å²) in [5, 5.41) is 3.16. The van der Waals surface area contributed by atoms with Gasteiger partial charge in [-0.05, 0) is 36.2 Å². The van der Waals surface area contributed by atoms with E-state index in [0.29, 0.717) is 38.5 Å². The molecule has 4 rings (SSSR count).